The van der Waals surface area contributed by atoms with E-state index in [0.717, 1.165) is 44.6 Å². The van der Waals surface area contributed by atoms with Crippen molar-refractivity contribution < 1.29 is 4.79 Å². The van der Waals surface area contributed by atoms with E-state index in [1.165, 1.54) is 19.3 Å². The topological polar surface area (TPSA) is 80.0 Å². The molecule has 1 aliphatic carbocycles. The van der Waals surface area contributed by atoms with Gasteiger partial charge in [-0.1, -0.05) is 25.3 Å². The number of halogens is 2. The third-order valence-electron chi connectivity index (χ3n) is 4.78. The predicted molar refractivity (Wildman–Crippen MR) is 109 cm³/mol. The van der Waals surface area contributed by atoms with Crippen LogP contribution in [0, 0.1) is 5.41 Å². The van der Waals surface area contributed by atoms with E-state index < -0.39 is 0 Å². The Balaban J connectivity index is 0.00000288. The van der Waals surface area contributed by atoms with E-state index in [-0.39, 0.29) is 36.1 Å². The number of hydrogen-bond donors (Lipinski definition) is 3. The van der Waals surface area contributed by atoms with Crippen LogP contribution in [-0.4, -0.2) is 30.5 Å². The molecule has 144 valence electrons. The molecule has 25 heavy (non-hydrogen) atoms. The minimum atomic E-state index is 0. The Morgan fingerprint density at radius 3 is 2.48 bits per heavy atom. The molecular formula is C18H32Cl2N4O. The zero-order valence-corrected chi connectivity index (χ0v) is 16.5. The lowest BCUT2D eigenvalue weighted by Crippen LogP contribution is -2.38. The predicted octanol–water partition coefficient (Wildman–Crippen LogP) is 3.53. The molecule has 1 heterocycles. The number of aromatic nitrogens is 1. The van der Waals surface area contributed by atoms with Crippen molar-refractivity contribution in [3.8, 4) is 0 Å². The maximum Gasteiger partial charge on any atom is 0.220 e. The standard InChI is InChI=1S/C18H30N4O.2ClH/c19-15-18(9-3-1-4-10-18)14-17(23)22-13-7-6-12-21-16-8-2-5-11-20-16;;/h2,5,8,11H,1,3-4,6-7,9-10,12-15,19H2,(H,20,21)(H,22,23);2*1H. The molecule has 4 N–H and O–H groups in total. The number of nitrogens with two attached hydrogens (primary N) is 1. The van der Waals surface area contributed by atoms with Crippen molar-refractivity contribution >= 4 is 36.5 Å². The molecular weight excluding hydrogens is 359 g/mol. The molecule has 0 bridgehead atoms. The first-order valence-corrected chi connectivity index (χ1v) is 8.86. The molecule has 0 spiro atoms. The average molecular weight is 391 g/mol. The number of anilines is 1. The average Bonchev–Trinajstić information content (AvgIpc) is 2.59. The van der Waals surface area contributed by atoms with Gasteiger partial charge in [0, 0.05) is 25.7 Å². The smallest absolute Gasteiger partial charge is 0.220 e. The quantitative estimate of drug-likeness (QED) is 0.563. The summed E-state index contributed by atoms with van der Waals surface area (Å²) >= 11 is 0. The van der Waals surface area contributed by atoms with Gasteiger partial charge >= 0.3 is 0 Å². The summed E-state index contributed by atoms with van der Waals surface area (Å²) < 4.78 is 0. The number of carbonyl (C=O) groups excluding carboxylic acids is 1. The van der Waals surface area contributed by atoms with Gasteiger partial charge in [-0.05, 0) is 49.8 Å². The lowest BCUT2D eigenvalue weighted by molar-refractivity contribution is -0.123. The summed E-state index contributed by atoms with van der Waals surface area (Å²) in [6, 6.07) is 5.83. The van der Waals surface area contributed by atoms with Crippen molar-refractivity contribution in [2.45, 2.75) is 51.4 Å². The first-order valence-electron chi connectivity index (χ1n) is 8.86. The molecule has 0 aromatic carbocycles. The van der Waals surface area contributed by atoms with Crippen LogP contribution in [0.15, 0.2) is 24.4 Å². The first kappa shape index (κ1) is 24.0. The van der Waals surface area contributed by atoms with Gasteiger partial charge in [0.15, 0.2) is 0 Å². The largest absolute Gasteiger partial charge is 0.370 e. The molecule has 0 unspecified atom stereocenters. The Labute approximate surface area is 163 Å². The van der Waals surface area contributed by atoms with Crippen LogP contribution in [0.3, 0.4) is 0 Å². The highest BCUT2D eigenvalue weighted by Gasteiger charge is 2.32. The molecule has 1 fully saturated rings. The fourth-order valence-corrected chi connectivity index (χ4v) is 3.32. The monoisotopic (exact) mass is 390 g/mol. The van der Waals surface area contributed by atoms with E-state index in [2.05, 4.69) is 15.6 Å². The minimum absolute atomic E-state index is 0. The summed E-state index contributed by atoms with van der Waals surface area (Å²) in [6.45, 7) is 2.25. The van der Waals surface area contributed by atoms with Crippen LogP contribution < -0.4 is 16.4 Å². The summed E-state index contributed by atoms with van der Waals surface area (Å²) in [6.07, 6.45) is 10.3. The molecule has 5 nitrogen and oxygen atoms in total. The number of carbonyl (C=O) groups is 1. The molecule has 1 aromatic rings. The lowest BCUT2D eigenvalue weighted by atomic mass is 9.71. The maximum atomic E-state index is 12.1. The van der Waals surface area contributed by atoms with Crippen LogP contribution >= 0.6 is 24.8 Å². The van der Waals surface area contributed by atoms with Crippen LogP contribution in [-0.2, 0) is 4.79 Å². The fourth-order valence-electron chi connectivity index (χ4n) is 3.32. The van der Waals surface area contributed by atoms with Crippen LogP contribution in [0.1, 0.15) is 51.4 Å². The van der Waals surface area contributed by atoms with Crippen molar-refractivity contribution in [3.63, 3.8) is 0 Å². The molecule has 1 amide bonds. The molecule has 0 aliphatic heterocycles. The Hall–Kier alpha value is -1.04. The van der Waals surface area contributed by atoms with Crippen LogP contribution in [0.2, 0.25) is 0 Å². The molecule has 1 aliphatic rings. The number of amides is 1. The van der Waals surface area contributed by atoms with Gasteiger partial charge in [-0.2, -0.15) is 0 Å². The van der Waals surface area contributed by atoms with E-state index >= 15 is 0 Å². The normalized spacial score (nSPS) is 15.4. The summed E-state index contributed by atoms with van der Waals surface area (Å²) in [5.74, 6) is 1.06. The highest BCUT2D eigenvalue weighted by molar-refractivity contribution is 5.85. The number of pyridine rings is 1. The zero-order valence-electron chi connectivity index (χ0n) is 14.8. The van der Waals surface area contributed by atoms with Crippen molar-refractivity contribution in [3.05, 3.63) is 24.4 Å². The molecule has 1 aromatic heterocycles. The van der Waals surface area contributed by atoms with Gasteiger partial charge in [-0.3, -0.25) is 4.79 Å². The van der Waals surface area contributed by atoms with Crippen molar-refractivity contribution in [1.82, 2.24) is 10.3 Å². The molecule has 1 saturated carbocycles. The van der Waals surface area contributed by atoms with E-state index in [0.29, 0.717) is 13.0 Å². The van der Waals surface area contributed by atoms with E-state index in [1.807, 2.05) is 18.2 Å². The second-order valence-electron chi connectivity index (χ2n) is 6.64. The molecule has 0 atom stereocenters. The molecule has 0 saturated heterocycles. The highest BCUT2D eigenvalue weighted by Crippen LogP contribution is 2.38. The second kappa shape index (κ2) is 13.2. The SMILES string of the molecule is Cl.Cl.NCC1(CC(=O)NCCCCNc2ccccn2)CCCCC1. The van der Waals surface area contributed by atoms with Crippen molar-refractivity contribution in [2.24, 2.45) is 11.1 Å². The first-order chi connectivity index (χ1) is 11.2. The summed E-state index contributed by atoms with van der Waals surface area (Å²) in [4.78, 5) is 16.4. The van der Waals surface area contributed by atoms with Gasteiger partial charge in [-0.25, -0.2) is 4.98 Å². The van der Waals surface area contributed by atoms with Gasteiger partial charge in [0.25, 0.3) is 0 Å². The highest BCUT2D eigenvalue weighted by atomic mass is 35.5. The van der Waals surface area contributed by atoms with Gasteiger partial charge in [0.1, 0.15) is 5.82 Å². The fraction of sp³-hybridized carbons (Fsp3) is 0.667. The number of unbranched alkanes of at least 4 members (excludes halogenated alkanes) is 1. The summed E-state index contributed by atoms with van der Waals surface area (Å²) in [5, 5.41) is 6.32. The number of hydrogen-bond acceptors (Lipinski definition) is 4. The van der Waals surface area contributed by atoms with Gasteiger partial charge in [-0.15, -0.1) is 24.8 Å². The Bertz CT molecular complexity index is 467. The van der Waals surface area contributed by atoms with Gasteiger partial charge in [0.2, 0.25) is 5.91 Å². The van der Waals surface area contributed by atoms with Crippen molar-refractivity contribution in [1.29, 1.82) is 0 Å². The Kier molecular flexibility index (Phi) is 12.7. The molecule has 0 radical (unpaired) electrons. The third-order valence-corrected chi connectivity index (χ3v) is 4.78. The third kappa shape index (κ3) is 8.75. The number of rotatable bonds is 9. The zero-order chi connectivity index (χ0) is 16.4. The molecule has 2 rings (SSSR count). The van der Waals surface area contributed by atoms with E-state index in [1.54, 1.807) is 6.20 Å². The van der Waals surface area contributed by atoms with E-state index in [4.69, 9.17) is 5.73 Å². The second-order valence-corrected chi connectivity index (χ2v) is 6.64. The van der Waals surface area contributed by atoms with Gasteiger partial charge < -0.3 is 16.4 Å². The lowest BCUT2D eigenvalue weighted by Gasteiger charge is -2.35. The van der Waals surface area contributed by atoms with E-state index in [9.17, 15) is 4.79 Å². The molecule has 7 heteroatoms. The van der Waals surface area contributed by atoms with Crippen LogP contribution in [0.4, 0.5) is 5.82 Å². The summed E-state index contributed by atoms with van der Waals surface area (Å²) in [7, 11) is 0. The van der Waals surface area contributed by atoms with Crippen LogP contribution in [0.25, 0.3) is 0 Å². The Morgan fingerprint density at radius 2 is 1.84 bits per heavy atom. The Morgan fingerprint density at radius 1 is 1.12 bits per heavy atom. The number of nitrogens with one attached hydrogen (secondary N) is 2. The minimum Gasteiger partial charge on any atom is -0.370 e. The number of nitrogens with zero attached hydrogens (tertiary/aromatic N) is 1. The summed E-state index contributed by atoms with van der Waals surface area (Å²) in [5.41, 5.74) is 6.00. The van der Waals surface area contributed by atoms with Crippen LogP contribution in [0.5, 0.6) is 0 Å². The van der Waals surface area contributed by atoms with Gasteiger partial charge in [0.05, 0.1) is 0 Å². The maximum absolute atomic E-state index is 12.1. The van der Waals surface area contributed by atoms with Crippen molar-refractivity contribution in [2.75, 3.05) is 25.0 Å².